The van der Waals surface area contributed by atoms with E-state index >= 15 is 0 Å². The zero-order chi connectivity index (χ0) is 17.1. The molecule has 6 heteroatoms. The highest BCUT2D eigenvalue weighted by molar-refractivity contribution is 6.30. The molecule has 0 aromatic heterocycles. The Labute approximate surface area is 145 Å². The molecule has 3 rings (SSSR count). The highest BCUT2D eigenvalue weighted by atomic mass is 35.5. The number of benzene rings is 2. The van der Waals surface area contributed by atoms with Crippen LogP contribution in [0.4, 0.5) is 5.69 Å². The molecule has 2 aromatic carbocycles. The van der Waals surface area contributed by atoms with Crippen LogP contribution in [0.3, 0.4) is 0 Å². The molecule has 122 valence electrons. The zero-order valence-corrected chi connectivity index (χ0v) is 13.9. The molecule has 3 N–H and O–H groups in total. The normalized spacial score (nSPS) is 16.7. The lowest BCUT2D eigenvalue weighted by Crippen LogP contribution is -2.25. The van der Waals surface area contributed by atoms with Gasteiger partial charge in [-0.15, -0.1) is 0 Å². The third kappa shape index (κ3) is 3.58. The predicted octanol–water partition coefficient (Wildman–Crippen LogP) is 3.41. The van der Waals surface area contributed by atoms with Gasteiger partial charge in [0.05, 0.1) is 6.04 Å². The topological polar surface area (TPSA) is 70.7 Å². The fourth-order valence-corrected chi connectivity index (χ4v) is 2.64. The van der Waals surface area contributed by atoms with Crippen molar-refractivity contribution in [1.29, 1.82) is 0 Å². The maximum absolute atomic E-state index is 12.3. The third-order valence-electron chi connectivity index (χ3n) is 3.73. The third-order valence-corrected chi connectivity index (χ3v) is 3.98. The minimum Gasteiger partial charge on any atom is -0.383 e. The minimum absolute atomic E-state index is 0.0234. The Balaban J connectivity index is 1.77. The van der Waals surface area contributed by atoms with Crippen molar-refractivity contribution in [2.75, 3.05) is 12.4 Å². The number of anilines is 1. The number of hydrogen-bond acceptors (Lipinski definition) is 4. The molecule has 24 heavy (non-hydrogen) atoms. The first-order valence-electron chi connectivity index (χ1n) is 7.43. The van der Waals surface area contributed by atoms with Crippen molar-refractivity contribution in [3.05, 3.63) is 76.7 Å². The first-order valence-corrected chi connectivity index (χ1v) is 7.81. The van der Waals surface area contributed by atoms with Crippen molar-refractivity contribution in [3.63, 3.8) is 0 Å². The van der Waals surface area contributed by atoms with E-state index in [9.17, 15) is 4.79 Å². The van der Waals surface area contributed by atoms with Gasteiger partial charge in [0.1, 0.15) is 5.82 Å². The number of nitrogens with zero attached hydrogens (tertiary/aromatic N) is 2. The molecule has 1 atom stereocenters. The molecule has 1 heterocycles. The summed E-state index contributed by atoms with van der Waals surface area (Å²) in [4.78, 5) is 18.4. The molecule has 0 aliphatic carbocycles. The monoisotopic (exact) mass is 340 g/mol. The van der Waals surface area contributed by atoms with Gasteiger partial charge in [-0.2, -0.15) is 0 Å². The summed E-state index contributed by atoms with van der Waals surface area (Å²) in [5, 5.41) is 3.49. The van der Waals surface area contributed by atoms with Crippen molar-refractivity contribution >= 4 is 29.4 Å². The first-order chi connectivity index (χ1) is 11.5. The van der Waals surface area contributed by atoms with Gasteiger partial charge in [0, 0.05) is 35.7 Å². The number of hydrogen-bond donors (Lipinski definition) is 2. The zero-order valence-electron chi connectivity index (χ0n) is 13.1. The summed E-state index contributed by atoms with van der Waals surface area (Å²) in [6.45, 7) is 0. The van der Waals surface area contributed by atoms with Crippen molar-refractivity contribution in [2.45, 2.75) is 6.04 Å². The first kappa shape index (κ1) is 16.1. The molecule has 5 nitrogen and oxygen atoms in total. The van der Waals surface area contributed by atoms with Crippen LogP contribution in [-0.4, -0.2) is 24.1 Å². The van der Waals surface area contributed by atoms with E-state index in [1.807, 2.05) is 36.2 Å². The summed E-state index contributed by atoms with van der Waals surface area (Å²) in [7, 11) is 1.93. The van der Waals surface area contributed by atoms with E-state index in [4.69, 9.17) is 17.3 Å². The lowest BCUT2D eigenvalue weighted by atomic mass is 10.1. The second-order valence-electron chi connectivity index (χ2n) is 5.53. The van der Waals surface area contributed by atoms with Crippen LogP contribution >= 0.6 is 11.6 Å². The number of rotatable bonds is 3. The van der Waals surface area contributed by atoms with E-state index in [0.717, 1.165) is 11.3 Å². The summed E-state index contributed by atoms with van der Waals surface area (Å²) in [6, 6.07) is 14.4. The predicted molar refractivity (Wildman–Crippen MR) is 97.1 cm³/mol. The van der Waals surface area contributed by atoms with E-state index in [-0.39, 0.29) is 11.9 Å². The average molecular weight is 341 g/mol. The summed E-state index contributed by atoms with van der Waals surface area (Å²) < 4.78 is 0. The number of carbonyl (C=O) groups is 1. The Morgan fingerprint density at radius 2 is 2.00 bits per heavy atom. The van der Waals surface area contributed by atoms with Crippen molar-refractivity contribution < 1.29 is 4.79 Å². The van der Waals surface area contributed by atoms with Gasteiger partial charge in [-0.1, -0.05) is 23.7 Å². The summed E-state index contributed by atoms with van der Waals surface area (Å²) in [6.07, 6.45) is 3.57. The molecule has 1 aliphatic rings. The Bertz CT molecular complexity index is 814. The molecule has 0 fully saturated rings. The van der Waals surface area contributed by atoms with E-state index < -0.39 is 0 Å². The lowest BCUT2D eigenvalue weighted by Gasteiger charge is -2.27. The van der Waals surface area contributed by atoms with Gasteiger partial charge in [0.15, 0.2) is 0 Å². The molecular formula is C18H17ClN4O. The van der Waals surface area contributed by atoms with Gasteiger partial charge < -0.3 is 16.0 Å². The Hall–Kier alpha value is -2.79. The summed E-state index contributed by atoms with van der Waals surface area (Å²) in [5.74, 6) is 0.291. The smallest absolute Gasteiger partial charge is 0.255 e. The van der Waals surface area contributed by atoms with E-state index in [1.54, 1.807) is 36.7 Å². The molecule has 0 saturated heterocycles. The fourth-order valence-electron chi connectivity index (χ4n) is 2.51. The molecule has 0 bridgehead atoms. The maximum atomic E-state index is 12.3. The SMILES string of the molecule is CN1C=C(N)N=CC1c1cccc(NC(=O)c2ccc(Cl)cc2)c1. The fraction of sp³-hybridized carbons (Fsp3) is 0.111. The number of carbonyl (C=O) groups excluding carboxylic acids is 1. The number of nitrogens with two attached hydrogens (primary N) is 1. The molecule has 0 saturated carbocycles. The number of aliphatic imine (C=N–C) groups is 1. The van der Waals surface area contributed by atoms with Crippen LogP contribution in [0, 0.1) is 0 Å². The van der Waals surface area contributed by atoms with Crippen LogP contribution in [0.5, 0.6) is 0 Å². The standard InChI is InChI=1S/C18H17ClN4O/c1-23-11-17(20)21-10-16(23)13-3-2-4-15(9-13)22-18(24)12-5-7-14(19)8-6-12/h2-11,16H,20H2,1H3,(H,22,24). The van der Waals surface area contributed by atoms with Crippen LogP contribution in [0.25, 0.3) is 0 Å². The van der Waals surface area contributed by atoms with Gasteiger partial charge >= 0.3 is 0 Å². The second kappa shape index (κ2) is 6.76. The van der Waals surface area contributed by atoms with Gasteiger partial charge in [-0.3, -0.25) is 4.79 Å². The van der Waals surface area contributed by atoms with Gasteiger partial charge in [0.2, 0.25) is 0 Å². The number of halogens is 1. The molecular weight excluding hydrogens is 324 g/mol. The van der Waals surface area contributed by atoms with Gasteiger partial charge in [0.25, 0.3) is 5.91 Å². The second-order valence-corrected chi connectivity index (χ2v) is 5.97. The van der Waals surface area contributed by atoms with E-state index in [1.165, 1.54) is 0 Å². The van der Waals surface area contributed by atoms with Gasteiger partial charge in [-0.25, -0.2) is 4.99 Å². The lowest BCUT2D eigenvalue weighted by molar-refractivity contribution is 0.102. The number of nitrogens with one attached hydrogen (secondary N) is 1. The van der Waals surface area contributed by atoms with Gasteiger partial charge in [-0.05, 0) is 42.0 Å². The molecule has 1 amide bonds. The minimum atomic E-state index is -0.182. The van der Waals surface area contributed by atoms with E-state index in [0.29, 0.717) is 16.4 Å². The average Bonchev–Trinajstić information content (AvgIpc) is 2.55. The van der Waals surface area contributed by atoms with Crippen LogP contribution in [0.1, 0.15) is 22.0 Å². The molecule has 2 aromatic rings. The van der Waals surface area contributed by atoms with Crippen molar-refractivity contribution in [2.24, 2.45) is 10.7 Å². The van der Waals surface area contributed by atoms with Crippen LogP contribution < -0.4 is 11.1 Å². The molecule has 1 unspecified atom stereocenters. The van der Waals surface area contributed by atoms with Crippen molar-refractivity contribution in [1.82, 2.24) is 4.90 Å². The van der Waals surface area contributed by atoms with E-state index in [2.05, 4.69) is 10.3 Å². The largest absolute Gasteiger partial charge is 0.383 e. The quantitative estimate of drug-likeness (QED) is 0.899. The van der Waals surface area contributed by atoms with Crippen LogP contribution in [0.15, 0.2) is 65.5 Å². The summed E-state index contributed by atoms with van der Waals surface area (Å²) >= 11 is 5.84. The Kier molecular flexibility index (Phi) is 4.53. The van der Waals surface area contributed by atoms with Crippen molar-refractivity contribution in [3.8, 4) is 0 Å². The summed E-state index contributed by atoms with van der Waals surface area (Å²) in [5.41, 5.74) is 7.98. The molecule has 0 spiro atoms. The Morgan fingerprint density at radius 3 is 2.71 bits per heavy atom. The number of amides is 1. The highest BCUT2D eigenvalue weighted by Gasteiger charge is 2.17. The van der Waals surface area contributed by atoms with Crippen LogP contribution in [0.2, 0.25) is 5.02 Å². The Morgan fingerprint density at radius 1 is 1.25 bits per heavy atom. The van der Waals surface area contributed by atoms with Crippen LogP contribution in [-0.2, 0) is 0 Å². The molecule has 0 radical (unpaired) electrons. The maximum Gasteiger partial charge on any atom is 0.255 e. The highest BCUT2D eigenvalue weighted by Crippen LogP contribution is 2.24. The molecule has 1 aliphatic heterocycles.